The van der Waals surface area contributed by atoms with Gasteiger partial charge in [0.1, 0.15) is 11.3 Å². The van der Waals surface area contributed by atoms with Gasteiger partial charge in [-0.2, -0.15) is 0 Å². The Hall–Kier alpha value is -2.89. The number of aromatic nitrogens is 3. The van der Waals surface area contributed by atoms with Gasteiger partial charge in [0.2, 0.25) is 0 Å². The van der Waals surface area contributed by atoms with E-state index < -0.39 is 0 Å². The lowest BCUT2D eigenvalue weighted by Gasteiger charge is -2.05. The molecular formula is C18H20N4O2. The zero-order valence-corrected chi connectivity index (χ0v) is 13.8. The Labute approximate surface area is 140 Å². The first-order valence-electron chi connectivity index (χ1n) is 7.95. The molecule has 0 unspecified atom stereocenters. The number of nitrogens with zero attached hydrogens (tertiary/aromatic N) is 3. The van der Waals surface area contributed by atoms with E-state index in [9.17, 15) is 4.79 Å². The van der Waals surface area contributed by atoms with Gasteiger partial charge >= 0.3 is 0 Å². The summed E-state index contributed by atoms with van der Waals surface area (Å²) in [5.74, 6) is 0.744. The molecule has 124 valence electrons. The van der Waals surface area contributed by atoms with Crippen molar-refractivity contribution < 1.29 is 9.53 Å². The summed E-state index contributed by atoms with van der Waals surface area (Å²) in [6.07, 6.45) is 0.909. The van der Waals surface area contributed by atoms with Gasteiger partial charge in [0, 0.05) is 12.1 Å². The van der Waals surface area contributed by atoms with Crippen molar-refractivity contribution >= 4 is 16.9 Å². The molecule has 3 rings (SSSR count). The molecule has 1 aromatic heterocycles. The number of hydrogen-bond acceptors (Lipinski definition) is 4. The fourth-order valence-electron chi connectivity index (χ4n) is 2.47. The summed E-state index contributed by atoms with van der Waals surface area (Å²) in [5.41, 5.74) is 3.32. The Morgan fingerprint density at radius 1 is 1.21 bits per heavy atom. The SMILES string of the molecule is CCCNC(=O)c1ccc2c(c1)nnn2Cc1ccc(OC)cc1. The maximum Gasteiger partial charge on any atom is 0.251 e. The molecule has 0 aliphatic heterocycles. The van der Waals surface area contributed by atoms with Crippen LogP contribution in [0.5, 0.6) is 5.75 Å². The first-order chi connectivity index (χ1) is 11.7. The minimum atomic E-state index is -0.0801. The van der Waals surface area contributed by atoms with E-state index in [2.05, 4.69) is 15.6 Å². The third kappa shape index (κ3) is 3.37. The molecule has 0 radical (unpaired) electrons. The van der Waals surface area contributed by atoms with Crippen LogP contribution in [0.2, 0.25) is 0 Å². The monoisotopic (exact) mass is 324 g/mol. The molecule has 1 N–H and O–H groups in total. The summed E-state index contributed by atoms with van der Waals surface area (Å²) in [4.78, 5) is 12.0. The number of rotatable bonds is 6. The van der Waals surface area contributed by atoms with Crippen LogP contribution >= 0.6 is 0 Å². The fraction of sp³-hybridized carbons (Fsp3) is 0.278. The van der Waals surface area contributed by atoms with Crippen molar-refractivity contribution in [3.63, 3.8) is 0 Å². The Morgan fingerprint density at radius 2 is 2.00 bits per heavy atom. The molecule has 0 saturated carbocycles. The predicted molar refractivity (Wildman–Crippen MR) is 92.2 cm³/mol. The van der Waals surface area contributed by atoms with E-state index in [1.807, 2.05) is 41.9 Å². The van der Waals surface area contributed by atoms with E-state index >= 15 is 0 Å². The van der Waals surface area contributed by atoms with Crippen molar-refractivity contribution in [2.75, 3.05) is 13.7 Å². The number of methoxy groups -OCH3 is 1. The first kappa shape index (κ1) is 16.0. The molecule has 6 nitrogen and oxygen atoms in total. The molecule has 0 saturated heterocycles. The molecule has 0 aliphatic rings. The largest absolute Gasteiger partial charge is 0.497 e. The molecule has 1 amide bonds. The van der Waals surface area contributed by atoms with Crippen molar-refractivity contribution in [2.24, 2.45) is 0 Å². The molecule has 0 fully saturated rings. The van der Waals surface area contributed by atoms with E-state index in [1.54, 1.807) is 19.2 Å². The number of fused-ring (bicyclic) bond motifs is 1. The average Bonchev–Trinajstić information content (AvgIpc) is 3.02. The standard InChI is InChI=1S/C18H20N4O2/c1-3-10-19-18(23)14-6-9-17-16(11-14)20-21-22(17)12-13-4-7-15(24-2)8-5-13/h4-9,11H,3,10,12H2,1-2H3,(H,19,23). The molecule has 6 heteroatoms. The Bertz CT molecular complexity index is 840. The van der Waals surface area contributed by atoms with Gasteiger partial charge in [-0.05, 0) is 42.3 Å². The summed E-state index contributed by atoms with van der Waals surface area (Å²) in [7, 11) is 1.65. The maximum atomic E-state index is 12.0. The minimum Gasteiger partial charge on any atom is -0.497 e. The van der Waals surface area contributed by atoms with Crippen LogP contribution in [0.3, 0.4) is 0 Å². The Morgan fingerprint density at radius 3 is 2.71 bits per heavy atom. The van der Waals surface area contributed by atoms with Gasteiger partial charge in [-0.25, -0.2) is 4.68 Å². The Kier molecular flexibility index (Phi) is 4.74. The summed E-state index contributed by atoms with van der Waals surface area (Å²) >= 11 is 0. The molecule has 1 heterocycles. The quantitative estimate of drug-likeness (QED) is 0.757. The van der Waals surface area contributed by atoms with Crippen molar-refractivity contribution in [3.8, 4) is 5.75 Å². The van der Waals surface area contributed by atoms with Crippen molar-refractivity contribution in [2.45, 2.75) is 19.9 Å². The molecule has 0 aliphatic carbocycles. The van der Waals surface area contributed by atoms with Gasteiger partial charge in [0.05, 0.1) is 19.2 Å². The van der Waals surface area contributed by atoms with E-state index in [-0.39, 0.29) is 5.91 Å². The van der Waals surface area contributed by atoms with Gasteiger partial charge < -0.3 is 10.1 Å². The topological polar surface area (TPSA) is 69.0 Å². The van der Waals surface area contributed by atoms with Crippen LogP contribution in [-0.2, 0) is 6.54 Å². The van der Waals surface area contributed by atoms with Crippen LogP contribution in [0.1, 0.15) is 29.3 Å². The highest BCUT2D eigenvalue weighted by molar-refractivity contribution is 5.97. The number of amides is 1. The second-order valence-corrected chi connectivity index (χ2v) is 5.55. The van der Waals surface area contributed by atoms with Gasteiger partial charge in [0.25, 0.3) is 5.91 Å². The summed E-state index contributed by atoms with van der Waals surface area (Å²) in [5, 5.41) is 11.2. The maximum absolute atomic E-state index is 12.0. The molecular weight excluding hydrogens is 304 g/mol. The highest BCUT2D eigenvalue weighted by Crippen LogP contribution is 2.17. The zero-order valence-electron chi connectivity index (χ0n) is 13.8. The fourth-order valence-corrected chi connectivity index (χ4v) is 2.47. The minimum absolute atomic E-state index is 0.0801. The van der Waals surface area contributed by atoms with Gasteiger partial charge in [0.15, 0.2) is 0 Å². The van der Waals surface area contributed by atoms with Crippen LogP contribution < -0.4 is 10.1 Å². The number of hydrogen-bond donors (Lipinski definition) is 1. The molecule has 3 aromatic rings. The zero-order chi connectivity index (χ0) is 16.9. The van der Waals surface area contributed by atoms with Gasteiger partial charge in [-0.3, -0.25) is 4.79 Å². The normalized spacial score (nSPS) is 10.8. The molecule has 24 heavy (non-hydrogen) atoms. The van der Waals surface area contributed by atoms with Crippen molar-refractivity contribution in [1.82, 2.24) is 20.3 Å². The molecule has 0 atom stereocenters. The lowest BCUT2D eigenvalue weighted by atomic mass is 10.1. The lowest BCUT2D eigenvalue weighted by Crippen LogP contribution is -2.23. The third-order valence-corrected chi connectivity index (χ3v) is 3.80. The third-order valence-electron chi connectivity index (χ3n) is 3.80. The number of nitrogens with one attached hydrogen (secondary N) is 1. The molecule has 0 spiro atoms. The van der Waals surface area contributed by atoms with E-state index in [4.69, 9.17) is 4.74 Å². The van der Waals surface area contributed by atoms with Crippen LogP contribution in [0.15, 0.2) is 42.5 Å². The predicted octanol–water partition coefficient (Wildman–Crippen LogP) is 2.63. The highest BCUT2D eigenvalue weighted by Gasteiger charge is 2.10. The second-order valence-electron chi connectivity index (χ2n) is 5.55. The van der Waals surface area contributed by atoms with Gasteiger partial charge in [-0.1, -0.05) is 24.3 Å². The van der Waals surface area contributed by atoms with E-state index in [0.29, 0.717) is 24.2 Å². The number of ether oxygens (including phenoxy) is 1. The van der Waals surface area contributed by atoms with Crippen LogP contribution in [0.25, 0.3) is 11.0 Å². The summed E-state index contributed by atoms with van der Waals surface area (Å²) in [6.45, 7) is 3.30. The van der Waals surface area contributed by atoms with Crippen LogP contribution in [-0.4, -0.2) is 34.6 Å². The smallest absolute Gasteiger partial charge is 0.251 e. The van der Waals surface area contributed by atoms with Crippen LogP contribution in [0.4, 0.5) is 0 Å². The first-order valence-corrected chi connectivity index (χ1v) is 7.95. The number of benzene rings is 2. The van der Waals surface area contributed by atoms with Crippen molar-refractivity contribution in [1.29, 1.82) is 0 Å². The summed E-state index contributed by atoms with van der Waals surface area (Å²) < 4.78 is 6.99. The highest BCUT2D eigenvalue weighted by atomic mass is 16.5. The van der Waals surface area contributed by atoms with Crippen molar-refractivity contribution in [3.05, 3.63) is 53.6 Å². The lowest BCUT2D eigenvalue weighted by molar-refractivity contribution is 0.0954. The van der Waals surface area contributed by atoms with Crippen LogP contribution in [0, 0.1) is 0 Å². The summed E-state index contributed by atoms with van der Waals surface area (Å²) in [6, 6.07) is 13.3. The van der Waals surface area contributed by atoms with Gasteiger partial charge in [-0.15, -0.1) is 5.10 Å². The van der Waals surface area contributed by atoms with E-state index in [0.717, 1.165) is 23.3 Å². The average molecular weight is 324 g/mol. The molecule has 0 bridgehead atoms. The molecule has 2 aromatic carbocycles. The second kappa shape index (κ2) is 7.12. The number of carbonyl (C=O) groups excluding carboxylic acids is 1. The number of carbonyl (C=O) groups is 1. The Balaban J connectivity index is 1.81. The van der Waals surface area contributed by atoms with E-state index in [1.165, 1.54) is 0 Å².